The molecule has 0 spiro atoms. The minimum atomic E-state index is -0.166. The summed E-state index contributed by atoms with van der Waals surface area (Å²) in [4.78, 5) is 27.2. The van der Waals surface area contributed by atoms with Crippen LogP contribution in [-0.4, -0.2) is 32.0 Å². The van der Waals surface area contributed by atoms with Crippen molar-refractivity contribution in [3.8, 4) is 5.75 Å². The maximum atomic E-state index is 12.1. The third kappa shape index (κ3) is 2.28. The van der Waals surface area contributed by atoms with Gasteiger partial charge in [0.1, 0.15) is 5.75 Å². The van der Waals surface area contributed by atoms with Crippen molar-refractivity contribution in [2.24, 2.45) is 0 Å². The van der Waals surface area contributed by atoms with E-state index >= 15 is 0 Å². The van der Waals surface area contributed by atoms with E-state index in [-0.39, 0.29) is 17.9 Å². The number of carbonyl (C=O) groups excluding carboxylic acids is 2. The lowest BCUT2D eigenvalue weighted by Crippen LogP contribution is -2.37. The van der Waals surface area contributed by atoms with Gasteiger partial charge in [-0.3, -0.25) is 9.59 Å². The van der Waals surface area contributed by atoms with E-state index in [0.717, 1.165) is 5.69 Å². The summed E-state index contributed by atoms with van der Waals surface area (Å²) < 4.78 is 5.21. The highest BCUT2D eigenvalue weighted by Gasteiger charge is 2.31. The van der Waals surface area contributed by atoms with Crippen molar-refractivity contribution in [3.05, 3.63) is 18.2 Å². The van der Waals surface area contributed by atoms with Gasteiger partial charge in [0.25, 0.3) is 0 Å². The van der Waals surface area contributed by atoms with Crippen LogP contribution >= 0.6 is 0 Å². The Hall–Kier alpha value is -2.04. The molecule has 2 rings (SSSR count). The van der Waals surface area contributed by atoms with Gasteiger partial charge in [-0.2, -0.15) is 0 Å². The predicted octanol–water partition coefficient (Wildman–Crippen LogP) is 1.80. The van der Waals surface area contributed by atoms with Crippen molar-refractivity contribution < 1.29 is 14.3 Å². The normalized spacial score (nSPS) is 18.9. The van der Waals surface area contributed by atoms with E-state index in [2.05, 4.69) is 0 Å². The van der Waals surface area contributed by atoms with Crippen molar-refractivity contribution in [2.45, 2.75) is 26.3 Å². The average molecular weight is 262 g/mol. The van der Waals surface area contributed by atoms with Crippen LogP contribution in [0.3, 0.4) is 0 Å². The van der Waals surface area contributed by atoms with E-state index in [1.165, 1.54) is 6.92 Å². The fourth-order valence-corrected chi connectivity index (χ4v) is 2.44. The van der Waals surface area contributed by atoms with Crippen LogP contribution in [0.15, 0.2) is 18.2 Å². The minimum Gasteiger partial charge on any atom is -0.497 e. The molecule has 0 unspecified atom stereocenters. The van der Waals surface area contributed by atoms with Gasteiger partial charge in [-0.25, -0.2) is 0 Å². The maximum absolute atomic E-state index is 12.1. The van der Waals surface area contributed by atoms with Crippen LogP contribution in [0.5, 0.6) is 5.75 Å². The first kappa shape index (κ1) is 13.4. The SMILES string of the molecule is COc1ccc2c(c1)N(C(C)=O)[C@@H](C)CC(=O)N2C. The summed E-state index contributed by atoms with van der Waals surface area (Å²) in [7, 11) is 3.30. The Morgan fingerprint density at radius 2 is 2.05 bits per heavy atom. The Morgan fingerprint density at radius 3 is 2.63 bits per heavy atom. The van der Waals surface area contributed by atoms with E-state index in [1.807, 2.05) is 6.92 Å². The largest absolute Gasteiger partial charge is 0.497 e. The molecule has 1 atom stereocenters. The van der Waals surface area contributed by atoms with Crippen LogP contribution in [0.2, 0.25) is 0 Å². The molecule has 1 aliphatic heterocycles. The molecule has 0 saturated heterocycles. The summed E-state index contributed by atoms with van der Waals surface area (Å²) in [6.07, 6.45) is 0.313. The minimum absolute atomic E-state index is 0.00247. The van der Waals surface area contributed by atoms with Gasteiger partial charge in [0.2, 0.25) is 11.8 Å². The highest BCUT2D eigenvalue weighted by atomic mass is 16.5. The third-order valence-corrected chi connectivity index (χ3v) is 3.43. The van der Waals surface area contributed by atoms with Crippen LogP contribution in [0.25, 0.3) is 0 Å². The van der Waals surface area contributed by atoms with Crippen molar-refractivity contribution >= 4 is 23.2 Å². The fourth-order valence-electron chi connectivity index (χ4n) is 2.44. The van der Waals surface area contributed by atoms with Crippen molar-refractivity contribution in [1.29, 1.82) is 0 Å². The van der Waals surface area contributed by atoms with Gasteiger partial charge in [0.05, 0.1) is 18.5 Å². The number of methoxy groups -OCH3 is 1. The van der Waals surface area contributed by atoms with Crippen LogP contribution in [-0.2, 0) is 9.59 Å². The molecule has 5 heteroatoms. The Morgan fingerprint density at radius 1 is 1.37 bits per heavy atom. The molecular formula is C14H18N2O3. The van der Waals surface area contributed by atoms with Gasteiger partial charge in [-0.05, 0) is 19.1 Å². The number of hydrogen-bond donors (Lipinski definition) is 0. The lowest BCUT2D eigenvalue weighted by Gasteiger charge is -2.27. The summed E-state index contributed by atoms with van der Waals surface area (Å²) >= 11 is 0. The molecule has 0 fully saturated rings. The van der Waals surface area contributed by atoms with Gasteiger partial charge in [-0.1, -0.05) is 0 Å². The molecule has 0 aliphatic carbocycles. The smallest absolute Gasteiger partial charge is 0.228 e. The zero-order valence-electron chi connectivity index (χ0n) is 11.6. The van der Waals surface area contributed by atoms with Crippen molar-refractivity contribution in [1.82, 2.24) is 0 Å². The number of rotatable bonds is 1. The first-order valence-electron chi connectivity index (χ1n) is 6.20. The van der Waals surface area contributed by atoms with E-state index in [1.54, 1.807) is 42.2 Å². The van der Waals surface area contributed by atoms with E-state index in [9.17, 15) is 9.59 Å². The Balaban J connectivity index is 2.63. The van der Waals surface area contributed by atoms with E-state index < -0.39 is 0 Å². The molecule has 0 bridgehead atoms. The molecule has 19 heavy (non-hydrogen) atoms. The second-order valence-electron chi connectivity index (χ2n) is 4.75. The molecule has 1 heterocycles. The molecular weight excluding hydrogens is 244 g/mol. The Bertz CT molecular complexity index is 527. The molecule has 5 nitrogen and oxygen atoms in total. The van der Waals surface area contributed by atoms with Crippen LogP contribution < -0.4 is 14.5 Å². The molecule has 1 aromatic rings. The van der Waals surface area contributed by atoms with Gasteiger partial charge in [0.15, 0.2) is 0 Å². The summed E-state index contributed by atoms with van der Waals surface area (Å²) in [6.45, 7) is 3.39. The topological polar surface area (TPSA) is 49.9 Å². The Labute approximate surface area is 112 Å². The number of amides is 2. The number of benzene rings is 1. The van der Waals surface area contributed by atoms with Crippen molar-refractivity contribution in [3.63, 3.8) is 0 Å². The number of fused-ring (bicyclic) bond motifs is 1. The van der Waals surface area contributed by atoms with Gasteiger partial charge < -0.3 is 14.5 Å². The zero-order chi connectivity index (χ0) is 14.2. The lowest BCUT2D eigenvalue weighted by molar-refractivity contribution is -0.119. The number of nitrogens with zero attached hydrogens (tertiary/aromatic N) is 2. The summed E-state index contributed by atoms with van der Waals surface area (Å²) in [5.41, 5.74) is 1.44. The fraction of sp³-hybridized carbons (Fsp3) is 0.429. The van der Waals surface area contributed by atoms with Crippen LogP contribution in [0, 0.1) is 0 Å². The van der Waals surface area contributed by atoms with Crippen LogP contribution in [0.1, 0.15) is 20.3 Å². The quantitative estimate of drug-likeness (QED) is 0.775. The van der Waals surface area contributed by atoms with E-state index in [0.29, 0.717) is 17.9 Å². The molecule has 0 radical (unpaired) electrons. The standard InChI is InChI=1S/C14H18N2O3/c1-9-7-14(18)15(3)12-6-5-11(19-4)8-13(12)16(9)10(2)17/h5-6,8-9H,7H2,1-4H3/t9-/m0/s1. The first-order valence-corrected chi connectivity index (χ1v) is 6.20. The van der Waals surface area contributed by atoms with Gasteiger partial charge in [-0.15, -0.1) is 0 Å². The summed E-state index contributed by atoms with van der Waals surface area (Å²) in [5, 5.41) is 0. The zero-order valence-corrected chi connectivity index (χ0v) is 11.6. The average Bonchev–Trinajstić information content (AvgIpc) is 2.45. The third-order valence-electron chi connectivity index (χ3n) is 3.43. The van der Waals surface area contributed by atoms with Gasteiger partial charge in [0, 0.05) is 32.5 Å². The monoisotopic (exact) mass is 262 g/mol. The molecule has 102 valence electrons. The van der Waals surface area contributed by atoms with Crippen molar-refractivity contribution in [2.75, 3.05) is 24.0 Å². The van der Waals surface area contributed by atoms with Gasteiger partial charge >= 0.3 is 0 Å². The summed E-state index contributed by atoms with van der Waals surface area (Å²) in [5.74, 6) is 0.590. The first-order chi connectivity index (χ1) is 8.95. The highest BCUT2D eigenvalue weighted by molar-refractivity contribution is 6.04. The molecule has 0 aromatic heterocycles. The number of anilines is 2. The molecule has 2 amide bonds. The molecule has 0 N–H and O–H groups in total. The second kappa shape index (κ2) is 4.91. The molecule has 1 aliphatic rings. The Kier molecular flexibility index (Phi) is 3.46. The second-order valence-corrected chi connectivity index (χ2v) is 4.75. The summed E-state index contributed by atoms with van der Waals surface area (Å²) in [6, 6.07) is 5.22. The number of hydrogen-bond acceptors (Lipinski definition) is 3. The predicted molar refractivity (Wildman–Crippen MR) is 73.6 cm³/mol. The maximum Gasteiger partial charge on any atom is 0.228 e. The lowest BCUT2D eigenvalue weighted by atomic mass is 10.1. The molecule has 1 aromatic carbocycles. The highest BCUT2D eigenvalue weighted by Crippen LogP contribution is 2.37. The molecule has 0 saturated carbocycles. The van der Waals surface area contributed by atoms with E-state index in [4.69, 9.17) is 4.74 Å². The number of carbonyl (C=O) groups is 2. The van der Waals surface area contributed by atoms with Crippen LogP contribution in [0.4, 0.5) is 11.4 Å². The number of ether oxygens (including phenoxy) is 1.